The Bertz CT molecular complexity index is 470. The van der Waals surface area contributed by atoms with E-state index in [4.69, 9.17) is 5.73 Å². The lowest BCUT2D eigenvalue weighted by Gasteiger charge is -2.30. The summed E-state index contributed by atoms with van der Waals surface area (Å²) in [5.41, 5.74) is 8.28. The molecule has 0 radical (unpaired) electrons. The Morgan fingerprint density at radius 3 is 3.10 bits per heavy atom. The molecule has 1 fully saturated rings. The molecule has 1 unspecified atom stereocenters. The SMILES string of the molecule is CCc1cccc(NC(N)=NCCN2CCCC(C)C2)c1. The fourth-order valence-corrected chi connectivity index (χ4v) is 2.86. The lowest BCUT2D eigenvalue weighted by atomic mass is 10.0. The normalized spacial score (nSPS) is 20.5. The molecule has 1 heterocycles. The van der Waals surface area contributed by atoms with Crippen molar-refractivity contribution >= 4 is 11.6 Å². The highest BCUT2D eigenvalue weighted by atomic mass is 15.2. The predicted octanol–water partition coefficient (Wildman–Crippen LogP) is 2.71. The molecule has 3 N–H and O–H groups in total. The summed E-state index contributed by atoms with van der Waals surface area (Å²) in [6.07, 6.45) is 3.69. The second kappa shape index (κ2) is 8.03. The summed E-state index contributed by atoms with van der Waals surface area (Å²) >= 11 is 0. The molecule has 1 aliphatic heterocycles. The Kier molecular flexibility index (Phi) is 6.05. The molecule has 0 aromatic heterocycles. The van der Waals surface area contributed by atoms with Gasteiger partial charge in [-0.15, -0.1) is 0 Å². The lowest BCUT2D eigenvalue weighted by Crippen LogP contribution is -2.36. The quantitative estimate of drug-likeness (QED) is 0.647. The van der Waals surface area contributed by atoms with Crippen LogP contribution in [0.3, 0.4) is 0 Å². The third kappa shape index (κ3) is 5.38. The Labute approximate surface area is 128 Å². The van der Waals surface area contributed by atoms with Crippen LogP contribution in [0.4, 0.5) is 5.69 Å². The predicted molar refractivity (Wildman–Crippen MR) is 90.8 cm³/mol. The molecule has 1 aliphatic rings. The summed E-state index contributed by atoms with van der Waals surface area (Å²) in [7, 11) is 0. The highest BCUT2D eigenvalue weighted by Crippen LogP contribution is 2.14. The van der Waals surface area contributed by atoms with Crippen LogP contribution in [0.5, 0.6) is 0 Å². The highest BCUT2D eigenvalue weighted by Gasteiger charge is 2.15. The fourth-order valence-electron chi connectivity index (χ4n) is 2.86. The van der Waals surface area contributed by atoms with E-state index in [0.29, 0.717) is 5.96 Å². The van der Waals surface area contributed by atoms with Gasteiger partial charge in [0, 0.05) is 18.8 Å². The number of nitrogens with one attached hydrogen (secondary N) is 1. The number of benzene rings is 1. The molecule has 0 amide bonds. The van der Waals surface area contributed by atoms with Crippen LogP contribution < -0.4 is 11.1 Å². The van der Waals surface area contributed by atoms with Crippen molar-refractivity contribution in [3.63, 3.8) is 0 Å². The number of hydrogen-bond acceptors (Lipinski definition) is 2. The number of hydrogen-bond donors (Lipinski definition) is 2. The maximum atomic E-state index is 5.96. The van der Waals surface area contributed by atoms with Gasteiger partial charge in [0.1, 0.15) is 0 Å². The highest BCUT2D eigenvalue weighted by molar-refractivity contribution is 5.92. The molecule has 1 aromatic rings. The van der Waals surface area contributed by atoms with Gasteiger partial charge in [-0.2, -0.15) is 0 Å². The largest absolute Gasteiger partial charge is 0.370 e. The zero-order valence-electron chi connectivity index (χ0n) is 13.3. The van der Waals surface area contributed by atoms with Crippen LogP contribution >= 0.6 is 0 Å². The summed E-state index contributed by atoms with van der Waals surface area (Å²) in [5.74, 6) is 1.32. The van der Waals surface area contributed by atoms with E-state index in [1.165, 1.54) is 31.5 Å². The molecule has 2 rings (SSSR count). The van der Waals surface area contributed by atoms with Crippen molar-refractivity contribution in [3.8, 4) is 0 Å². The van der Waals surface area contributed by atoms with Crippen LogP contribution in [0.2, 0.25) is 0 Å². The second-order valence-electron chi connectivity index (χ2n) is 5.99. The summed E-state index contributed by atoms with van der Waals surface area (Å²) in [4.78, 5) is 6.92. The molecule has 116 valence electrons. The standard InChI is InChI=1S/C17H28N4/c1-3-15-7-4-8-16(12-15)20-17(18)19-9-11-21-10-5-6-14(2)13-21/h4,7-8,12,14H,3,5-6,9-11,13H2,1-2H3,(H3,18,19,20). The number of rotatable bonds is 5. The van der Waals surface area contributed by atoms with Crippen LogP contribution in [0, 0.1) is 5.92 Å². The zero-order valence-corrected chi connectivity index (χ0v) is 13.3. The van der Waals surface area contributed by atoms with Crippen molar-refractivity contribution in [2.24, 2.45) is 16.6 Å². The maximum absolute atomic E-state index is 5.96. The molecule has 0 saturated carbocycles. The molecule has 4 heteroatoms. The van der Waals surface area contributed by atoms with Gasteiger partial charge in [0.05, 0.1) is 6.54 Å². The van der Waals surface area contributed by atoms with Crippen LogP contribution in [0.15, 0.2) is 29.3 Å². The Hall–Kier alpha value is -1.55. The topological polar surface area (TPSA) is 53.6 Å². The first-order chi connectivity index (χ1) is 10.2. The van der Waals surface area contributed by atoms with Crippen molar-refractivity contribution in [1.29, 1.82) is 0 Å². The van der Waals surface area contributed by atoms with E-state index in [0.717, 1.165) is 31.1 Å². The van der Waals surface area contributed by atoms with E-state index in [1.807, 2.05) is 12.1 Å². The molecular formula is C17H28N4. The molecule has 1 aromatic carbocycles. The van der Waals surface area contributed by atoms with Crippen molar-refractivity contribution < 1.29 is 0 Å². The molecule has 0 aliphatic carbocycles. The van der Waals surface area contributed by atoms with Gasteiger partial charge in [0.25, 0.3) is 0 Å². The van der Waals surface area contributed by atoms with Gasteiger partial charge in [0.15, 0.2) is 5.96 Å². The van der Waals surface area contributed by atoms with E-state index < -0.39 is 0 Å². The number of aliphatic imine (C=N–C) groups is 1. The van der Waals surface area contributed by atoms with Crippen LogP contribution in [-0.4, -0.2) is 37.0 Å². The number of likely N-dealkylation sites (tertiary alicyclic amines) is 1. The maximum Gasteiger partial charge on any atom is 0.193 e. The van der Waals surface area contributed by atoms with Crippen LogP contribution in [0.25, 0.3) is 0 Å². The molecular weight excluding hydrogens is 260 g/mol. The first-order valence-electron chi connectivity index (χ1n) is 8.05. The third-order valence-corrected chi connectivity index (χ3v) is 4.05. The van der Waals surface area contributed by atoms with Crippen molar-refractivity contribution in [3.05, 3.63) is 29.8 Å². The van der Waals surface area contributed by atoms with Gasteiger partial charge in [0.2, 0.25) is 0 Å². The van der Waals surface area contributed by atoms with Gasteiger partial charge in [-0.1, -0.05) is 26.0 Å². The first kappa shape index (κ1) is 15.8. The third-order valence-electron chi connectivity index (χ3n) is 4.05. The van der Waals surface area contributed by atoms with Crippen LogP contribution in [-0.2, 0) is 6.42 Å². The van der Waals surface area contributed by atoms with Crippen molar-refractivity contribution in [2.45, 2.75) is 33.1 Å². The van der Waals surface area contributed by atoms with Crippen molar-refractivity contribution in [2.75, 3.05) is 31.5 Å². The van der Waals surface area contributed by atoms with Gasteiger partial charge in [-0.05, 0) is 49.4 Å². The average Bonchev–Trinajstić information content (AvgIpc) is 2.47. The van der Waals surface area contributed by atoms with E-state index in [-0.39, 0.29) is 0 Å². The van der Waals surface area contributed by atoms with E-state index in [1.54, 1.807) is 0 Å². The Morgan fingerprint density at radius 2 is 2.33 bits per heavy atom. The minimum atomic E-state index is 0.508. The summed E-state index contributed by atoms with van der Waals surface area (Å²) < 4.78 is 0. The molecule has 0 spiro atoms. The average molecular weight is 288 g/mol. The summed E-state index contributed by atoms with van der Waals surface area (Å²) in [6.45, 7) is 8.64. The monoisotopic (exact) mass is 288 g/mol. The minimum Gasteiger partial charge on any atom is -0.370 e. The van der Waals surface area contributed by atoms with E-state index in [2.05, 4.69) is 41.2 Å². The number of aryl methyl sites for hydroxylation is 1. The van der Waals surface area contributed by atoms with Gasteiger partial charge < -0.3 is 16.0 Å². The molecule has 1 atom stereocenters. The smallest absolute Gasteiger partial charge is 0.193 e. The Morgan fingerprint density at radius 1 is 1.48 bits per heavy atom. The number of anilines is 1. The van der Waals surface area contributed by atoms with Crippen molar-refractivity contribution in [1.82, 2.24) is 4.90 Å². The first-order valence-corrected chi connectivity index (χ1v) is 8.05. The number of nitrogens with zero attached hydrogens (tertiary/aromatic N) is 2. The zero-order chi connectivity index (χ0) is 15.1. The minimum absolute atomic E-state index is 0.508. The number of piperidine rings is 1. The molecule has 21 heavy (non-hydrogen) atoms. The van der Waals surface area contributed by atoms with Gasteiger partial charge in [-0.25, -0.2) is 0 Å². The molecule has 0 bridgehead atoms. The summed E-state index contributed by atoms with van der Waals surface area (Å²) in [5, 5.41) is 3.17. The molecule has 4 nitrogen and oxygen atoms in total. The van der Waals surface area contributed by atoms with Crippen LogP contribution in [0.1, 0.15) is 32.3 Å². The fraction of sp³-hybridized carbons (Fsp3) is 0.588. The van der Waals surface area contributed by atoms with Gasteiger partial charge >= 0.3 is 0 Å². The molecule has 1 saturated heterocycles. The van der Waals surface area contributed by atoms with Gasteiger partial charge in [-0.3, -0.25) is 4.99 Å². The Balaban J connectivity index is 1.78. The summed E-state index contributed by atoms with van der Waals surface area (Å²) in [6, 6.07) is 8.31. The van der Waals surface area contributed by atoms with E-state index >= 15 is 0 Å². The second-order valence-corrected chi connectivity index (χ2v) is 5.99. The van der Waals surface area contributed by atoms with E-state index in [9.17, 15) is 0 Å². The lowest BCUT2D eigenvalue weighted by molar-refractivity contribution is 0.189. The number of guanidine groups is 1. The number of nitrogens with two attached hydrogens (primary N) is 1.